The van der Waals surface area contributed by atoms with Gasteiger partial charge in [-0.25, -0.2) is 4.57 Å². The third-order valence-corrected chi connectivity index (χ3v) is 10.3. The monoisotopic (exact) mass is 748 g/mol. The van der Waals surface area contributed by atoms with Crippen LogP contribution >= 0.6 is 7.82 Å². The van der Waals surface area contributed by atoms with Crippen molar-refractivity contribution in [3.63, 3.8) is 0 Å². The predicted molar refractivity (Wildman–Crippen MR) is 211 cm³/mol. The zero-order chi connectivity index (χ0) is 37.8. The highest BCUT2D eigenvalue weighted by Gasteiger charge is 2.26. The number of hydrogen-bond acceptors (Lipinski definition) is 8. The van der Waals surface area contributed by atoms with Crippen molar-refractivity contribution >= 4 is 19.8 Å². The molecule has 9 nitrogen and oxygen atoms in total. The highest BCUT2D eigenvalue weighted by Crippen LogP contribution is 2.43. The molecule has 0 spiro atoms. The van der Waals surface area contributed by atoms with Gasteiger partial charge in [-0.2, -0.15) is 0 Å². The average molecular weight is 748 g/mol. The highest BCUT2D eigenvalue weighted by atomic mass is 31.2. The van der Waals surface area contributed by atoms with Crippen molar-refractivity contribution < 1.29 is 37.6 Å². The van der Waals surface area contributed by atoms with Crippen molar-refractivity contribution in [2.24, 2.45) is 17.6 Å². The number of carbonyl (C=O) groups is 2. The Morgan fingerprint density at radius 2 is 0.882 bits per heavy atom. The third kappa shape index (κ3) is 38.5. The van der Waals surface area contributed by atoms with E-state index in [-0.39, 0.29) is 38.6 Å². The van der Waals surface area contributed by atoms with Crippen LogP contribution in [-0.2, 0) is 32.7 Å². The van der Waals surface area contributed by atoms with E-state index >= 15 is 0 Å². The molecule has 304 valence electrons. The number of ether oxygens (including phenoxy) is 2. The second-order valence-electron chi connectivity index (χ2n) is 15.5. The lowest BCUT2D eigenvalue weighted by Crippen LogP contribution is -2.29. The Bertz CT molecular complexity index is 840. The highest BCUT2D eigenvalue weighted by molar-refractivity contribution is 7.47. The first-order chi connectivity index (χ1) is 24.6. The maximum absolute atomic E-state index is 12.6. The summed E-state index contributed by atoms with van der Waals surface area (Å²) in [6, 6.07) is 0. The molecular formula is C41H82NO8P. The summed E-state index contributed by atoms with van der Waals surface area (Å²) in [6.07, 6.45) is 31.3. The quantitative estimate of drug-likeness (QED) is 0.0358. The average Bonchev–Trinajstić information content (AvgIpc) is 3.08. The second kappa shape index (κ2) is 36.0. The molecule has 0 aromatic carbocycles. The van der Waals surface area contributed by atoms with E-state index in [1.54, 1.807) is 0 Å². The fourth-order valence-electron chi connectivity index (χ4n) is 6.18. The number of phosphoric acid groups is 1. The van der Waals surface area contributed by atoms with Crippen LogP contribution in [0.15, 0.2) is 0 Å². The summed E-state index contributed by atoms with van der Waals surface area (Å²) in [5.74, 6) is 0.820. The van der Waals surface area contributed by atoms with E-state index in [0.717, 1.165) is 43.9 Å². The summed E-state index contributed by atoms with van der Waals surface area (Å²) in [6.45, 7) is 8.43. The van der Waals surface area contributed by atoms with Gasteiger partial charge in [-0.1, -0.05) is 182 Å². The van der Waals surface area contributed by atoms with Crippen molar-refractivity contribution in [3.8, 4) is 0 Å². The summed E-state index contributed by atoms with van der Waals surface area (Å²) in [5.41, 5.74) is 5.34. The lowest BCUT2D eigenvalue weighted by molar-refractivity contribution is -0.161. The minimum absolute atomic E-state index is 0.0569. The first-order valence-corrected chi connectivity index (χ1v) is 22.7. The van der Waals surface area contributed by atoms with E-state index in [2.05, 4.69) is 27.7 Å². The fourth-order valence-corrected chi connectivity index (χ4v) is 6.95. The molecule has 51 heavy (non-hydrogen) atoms. The zero-order valence-corrected chi connectivity index (χ0v) is 34.6. The van der Waals surface area contributed by atoms with Gasteiger partial charge in [0.15, 0.2) is 6.10 Å². The van der Waals surface area contributed by atoms with Crippen LogP contribution in [0.2, 0.25) is 0 Å². The Hall–Kier alpha value is -0.990. The molecule has 0 fully saturated rings. The van der Waals surface area contributed by atoms with E-state index < -0.39 is 26.5 Å². The lowest BCUT2D eigenvalue weighted by Gasteiger charge is -2.19. The molecule has 0 radical (unpaired) electrons. The molecule has 10 heteroatoms. The molecule has 0 aliphatic rings. The SMILES string of the molecule is CC(C)CCCCCCCCCCCCCCC(=O)OCC(COP(=O)(O)OCCN)OC(=O)CCCCCCCCCCCCCCC(C)C. The molecule has 0 rings (SSSR count). The number of phosphoric ester groups is 1. The standard InChI is InChI=1S/C41H82NO8P/c1-37(2)29-25-21-17-13-9-5-7-11-15-19-23-27-31-40(43)47-35-39(36-49-51(45,46)48-34-33-42)50-41(44)32-28-24-20-16-12-8-6-10-14-18-22-26-30-38(3)4/h37-39H,5-36,42H2,1-4H3,(H,45,46). The van der Waals surface area contributed by atoms with Crippen LogP contribution in [0.25, 0.3) is 0 Å². The molecule has 3 N–H and O–H groups in total. The van der Waals surface area contributed by atoms with Gasteiger partial charge in [-0.3, -0.25) is 18.6 Å². The molecule has 0 amide bonds. The molecular weight excluding hydrogens is 665 g/mol. The molecule has 0 saturated carbocycles. The van der Waals surface area contributed by atoms with Crippen LogP contribution in [0.1, 0.15) is 207 Å². The van der Waals surface area contributed by atoms with Crippen LogP contribution in [0.5, 0.6) is 0 Å². The van der Waals surface area contributed by atoms with Crippen LogP contribution in [0, 0.1) is 11.8 Å². The van der Waals surface area contributed by atoms with Crippen molar-refractivity contribution in [2.45, 2.75) is 214 Å². The first-order valence-electron chi connectivity index (χ1n) is 21.2. The number of rotatable bonds is 39. The topological polar surface area (TPSA) is 134 Å². The van der Waals surface area contributed by atoms with Gasteiger partial charge in [-0.15, -0.1) is 0 Å². The van der Waals surface area contributed by atoms with Gasteiger partial charge in [0.2, 0.25) is 0 Å². The second-order valence-corrected chi connectivity index (χ2v) is 17.0. The van der Waals surface area contributed by atoms with Gasteiger partial charge in [0.1, 0.15) is 6.61 Å². The van der Waals surface area contributed by atoms with Gasteiger partial charge in [0, 0.05) is 19.4 Å². The maximum Gasteiger partial charge on any atom is 0.472 e. The summed E-state index contributed by atoms with van der Waals surface area (Å²) >= 11 is 0. The number of unbranched alkanes of at least 4 members (excludes halogenated alkanes) is 22. The van der Waals surface area contributed by atoms with E-state index in [4.69, 9.17) is 24.3 Å². The predicted octanol–water partition coefficient (Wildman–Crippen LogP) is 11.8. The molecule has 0 aliphatic carbocycles. The molecule has 0 aromatic heterocycles. The summed E-state index contributed by atoms with van der Waals surface area (Å²) < 4.78 is 32.8. The Balaban J connectivity index is 4.13. The molecule has 0 aliphatic heterocycles. The smallest absolute Gasteiger partial charge is 0.462 e. The van der Waals surface area contributed by atoms with Crippen LogP contribution < -0.4 is 5.73 Å². The maximum atomic E-state index is 12.6. The fraction of sp³-hybridized carbons (Fsp3) is 0.951. The molecule has 0 aromatic rings. The third-order valence-electron chi connectivity index (χ3n) is 9.35. The van der Waals surface area contributed by atoms with Gasteiger partial charge >= 0.3 is 19.8 Å². The minimum atomic E-state index is -4.37. The zero-order valence-electron chi connectivity index (χ0n) is 33.7. The normalized spacial score (nSPS) is 13.5. The van der Waals surface area contributed by atoms with Crippen molar-refractivity contribution in [3.05, 3.63) is 0 Å². The van der Waals surface area contributed by atoms with Crippen molar-refractivity contribution in [1.82, 2.24) is 0 Å². The van der Waals surface area contributed by atoms with Gasteiger partial charge in [0.25, 0.3) is 0 Å². The number of carbonyl (C=O) groups excluding carboxylic acids is 2. The summed E-state index contributed by atoms with van der Waals surface area (Å²) in [5, 5.41) is 0. The van der Waals surface area contributed by atoms with Crippen LogP contribution in [-0.4, -0.2) is 49.3 Å². The molecule has 0 saturated heterocycles. The Morgan fingerprint density at radius 3 is 1.25 bits per heavy atom. The Kier molecular flexibility index (Phi) is 35.3. The Labute approximate surface area is 314 Å². The van der Waals surface area contributed by atoms with E-state index in [1.165, 1.54) is 128 Å². The van der Waals surface area contributed by atoms with Gasteiger partial charge < -0.3 is 20.1 Å². The van der Waals surface area contributed by atoms with Crippen LogP contribution in [0.3, 0.4) is 0 Å². The molecule has 0 bridgehead atoms. The van der Waals surface area contributed by atoms with Crippen molar-refractivity contribution in [2.75, 3.05) is 26.4 Å². The summed E-state index contributed by atoms with van der Waals surface area (Å²) in [4.78, 5) is 34.8. The summed E-state index contributed by atoms with van der Waals surface area (Å²) in [7, 11) is -4.37. The largest absolute Gasteiger partial charge is 0.472 e. The number of hydrogen-bond donors (Lipinski definition) is 2. The molecule has 2 unspecified atom stereocenters. The van der Waals surface area contributed by atoms with Crippen molar-refractivity contribution in [1.29, 1.82) is 0 Å². The molecule has 2 atom stereocenters. The van der Waals surface area contributed by atoms with Crippen LogP contribution in [0.4, 0.5) is 0 Å². The van der Waals surface area contributed by atoms with Gasteiger partial charge in [0.05, 0.1) is 13.2 Å². The first kappa shape index (κ1) is 50.0. The van der Waals surface area contributed by atoms with E-state index in [1.807, 2.05) is 0 Å². The van der Waals surface area contributed by atoms with Gasteiger partial charge in [-0.05, 0) is 24.7 Å². The van der Waals surface area contributed by atoms with E-state index in [9.17, 15) is 19.0 Å². The number of nitrogens with two attached hydrogens (primary N) is 1. The lowest BCUT2D eigenvalue weighted by atomic mass is 10.0. The number of esters is 2. The van der Waals surface area contributed by atoms with E-state index in [0.29, 0.717) is 6.42 Å². The Morgan fingerprint density at radius 1 is 0.529 bits per heavy atom. The minimum Gasteiger partial charge on any atom is -0.462 e. The molecule has 0 heterocycles.